The molecule has 0 fully saturated rings. The van der Waals surface area contributed by atoms with Gasteiger partial charge in [-0.05, 0) is 23.3 Å². The number of nitrogens with two attached hydrogens (primary N) is 1. The fraction of sp³-hybridized carbons (Fsp3) is 0.133. The Bertz CT molecular complexity index is 531. The predicted molar refractivity (Wildman–Crippen MR) is 68.8 cm³/mol. The second-order valence-corrected chi connectivity index (χ2v) is 4.13. The quantitative estimate of drug-likeness (QED) is 0.839. The van der Waals surface area contributed by atoms with Gasteiger partial charge in [-0.1, -0.05) is 36.4 Å². The van der Waals surface area contributed by atoms with Crippen LogP contribution in [-0.4, -0.2) is 5.78 Å². The smallest absolute Gasteiger partial charge is 0.167 e. The molecule has 0 radical (unpaired) electrons. The average molecular weight is 243 g/mol. The van der Waals surface area contributed by atoms with E-state index in [2.05, 4.69) is 0 Å². The molecule has 2 aromatic rings. The Morgan fingerprint density at radius 1 is 0.944 bits per heavy atom. The van der Waals surface area contributed by atoms with E-state index < -0.39 is 0 Å². The van der Waals surface area contributed by atoms with Gasteiger partial charge in [-0.15, -0.1) is 0 Å². The average Bonchev–Trinajstić information content (AvgIpc) is 2.41. The lowest BCUT2D eigenvalue weighted by Gasteiger charge is -2.03. The molecule has 2 rings (SSSR count). The van der Waals surface area contributed by atoms with Crippen molar-refractivity contribution in [1.29, 1.82) is 0 Å². The van der Waals surface area contributed by atoms with Gasteiger partial charge in [0, 0.05) is 18.5 Å². The highest BCUT2D eigenvalue weighted by atomic mass is 19.1. The van der Waals surface area contributed by atoms with Crippen LogP contribution in [0.1, 0.15) is 21.5 Å². The number of halogens is 1. The summed E-state index contributed by atoms with van der Waals surface area (Å²) >= 11 is 0. The minimum atomic E-state index is -0.293. The number of ketones is 1. The number of carbonyl (C=O) groups is 1. The van der Waals surface area contributed by atoms with Gasteiger partial charge in [0.15, 0.2) is 5.78 Å². The first-order valence-corrected chi connectivity index (χ1v) is 5.75. The Morgan fingerprint density at radius 2 is 1.50 bits per heavy atom. The van der Waals surface area contributed by atoms with Crippen molar-refractivity contribution in [2.24, 2.45) is 5.73 Å². The van der Waals surface area contributed by atoms with E-state index in [0.29, 0.717) is 12.1 Å². The molecule has 18 heavy (non-hydrogen) atoms. The van der Waals surface area contributed by atoms with Crippen LogP contribution in [0.2, 0.25) is 0 Å². The third-order valence-electron chi connectivity index (χ3n) is 2.79. The Hall–Kier alpha value is -2.00. The van der Waals surface area contributed by atoms with Crippen LogP contribution in [0.5, 0.6) is 0 Å². The first-order valence-electron chi connectivity index (χ1n) is 5.75. The number of hydrogen-bond acceptors (Lipinski definition) is 2. The number of rotatable bonds is 4. The van der Waals surface area contributed by atoms with E-state index >= 15 is 0 Å². The van der Waals surface area contributed by atoms with E-state index in [1.165, 1.54) is 12.1 Å². The first kappa shape index (κ1) is 12.5. The maximum Gasteiger partial charge on any atom is 0.167 e. The monoisotopic (exact) mass is 243 g/mol. The summed E-state index contributed by atoms with van der Waals surface area (Å²) in [7, 11) is 0. The van der Waals surface area contributed by atoms with Gasteiger partial charge in [0.25, 0.3) is 0 Å². The molecule has 2 nitrogen and oxygen atoms in total. The van der Waals surface area contributed by atoms with Gasteiger partial charge in [-0.25, -0.2) is 4.39 Å². The zero-order chi connectivity index (χ0) is 13.0. The third-order valence-corrected chi connectivity index (χ3v) is 2.79. The zero-order valence-corrected chi connectivity index (χ0v) is 9.90. The third kappa shape index (κ3) is 3.02. The molecule has 0 spiro atoms. The van der Waals surface area contributed by atoms with Gasteiger partial charge >= 0.3 is 0 Å². The lowest BCUT2D eigenvalue weighted by atomic mass is 10.0. The summed E-state index contributed by atoms with van der Waals surface area (Å²) < 4.78 is 12.7. The van der Waals surface area contributed by atoms with E-state index in [1.54, 1.807) is 24.3 Å². The van der Waals surface area contributed by atoms with Crippen LogP contribution in [-0.2, 0) is 13.0 Å². The van der Waals surface area contributed by atoms with E-state index in [4.69, 9.17) is 5.73 Å². The molecule has 92 valence electrons. The van der Waals surface area contributed by atoms with Gasteiger partial charge in [-0.2, -0.15) is 0 Å². The molecule has 0 heterocycles. The van der Waals surface area contributed by atoms with Crippen LogP contribution in [0.25, 0.3) is 0 Å². The topological polar surface area (TPSA) is 43.1 Å². The summed E-state index contributed by atoms with van der Waals surface area (Å²) in [5.41, 5.74) is 7.95. The normalized spacial score (nSPS) is 10.3. The van der Waals surface area contributed by atoms with E-state index in [0.717, 1.165) is 11.1 Å². The summed E-state index contributed by atoms with van der Waals surface area (Å²) in [5, 5.41) is 0. The fourth-order valence-electron chi connectivity index (χ4n) is 1.72. The van der Waals surface area contributed by atoms with Crippen molar-refractivity contribution in [3.8, 4) is 0 Å². The van der Waals surface area contributed by atoms with Crippen LogP contribution in [0.3, 0.4) is 0 Å². The van der Waals surface area contributed by atoms with Crippen molar-refractivity contribution >= 4 is 5.78 Å². The van der Waals surface area contributed by atoms with E-state index in [9.17, 15) is 9.18 Å². The van der Waals surface area contributed by atoms with Crippen molar-refractivity contribution in [3.63, 3.8) is 0 Å². The molecule has 0 saturated heterocycles. The number of Topliss-reactive ketones (excluding diaryl/α,β-unsaturated/α-hetero) is 1. The fourth-order valence-corrected chi connectivity index (χ4v) is 1.72. The molecule has 0 saturated carbocycles. The highest BCUT2D eigenvalue weighted by Crippen LogP contribution is 2.10. The molecule has 0 aliphatic rings. The maximum absolute atomic E-state index is 12.7. The molecule has 0 aliphatic carbocycles. The van der Waals surface area contributed by atoms with Gasteiger partial charge in [0.2, 0.25) is 0 Å². The van der Waals surface area contributed by atoms with Crippen LogP contribution < -0.4 is 5.73 Å². The van der Waals surface area contributed by atoms with Crippen LogP contribution in [0.15, 0.2) is 48.5 Å². The molecule has 2 N–H and O–H groups in total. The lowest BCUT2D eigenvalue weighted by Crippen LogP contribution is -2.04. The highest BCUT2D eigenvalue weighted by Gasteiger charge is 2.07. The molecule has 0 aromatic heterocycles. The summed E-state index contributed by atoms with van der Waals surface area (Å²) in [6, 6.07) is 13.2. The zero-order valence-electron chi connectivity index (χ0n) is 9.90. The molecular weight excluding hydrogens is 229 g/mol. The lowest BCUT2D eigenvalue weighted by molar-refractivity contribution is 0.0993. The van der Waals surface area contributed by atoms with Gasteiger partial charge in [0.1, 0.15) is 5.82 Å². The standard InChI is InChI=1S/C15H14FNO/c16-14-7-3-11(4-8-14)9-15(18)13-5-1-12(10-17)2-6-13/h1-8H,9-10,17H2. The van der Waals surface area contributed by atoms with Gasteiger partial charge < -0.3 is 5.73 Å². The first-order chi connectivity index (χ1) is 8.69. The maximum atomic E-state index is 12.7. The summed E-state index contributed by atoms with van der Waals surface area (Å²) in [4.78, 5) is 12.0. The molecule has 0 bridgehead atoms. The number of benzene rings is 2. The summed E-state index contributed by atoms with van der Waals surface area (Å²) in [6.45, 7) is 0.465. The molecule has 3 heteroatoms. The van der Waals surface area contributed by atoms with Crippen molar-refractivity contribution in [3.05, 3.63) is 71.0 Å². The molecule has 0 aliphatic heterocycles. The molecule has 0 amide bonds. The second-order valence-electron chi connectivity index (χ2n) is 4.13. The molecule has 2 aromatic carbocycles. The summed E-state index contributed by atoms with van der Waals surface area (Å²) in [5.74, 6) is -0.274. The van der Waals surface area contributed by atoms with Crippen molar-refractivity contribution < 1.29 is 9.18 Å². The van der Waals surface area contributed by atoms with Crippen molar-refractivity contribution in [1.82, 2.24) is 0 Å². The summed E-state index contributed by atoms with van der Waals surface area (Å²) in [6.07, 6.45) is 0.280. The number of hydrogen-bond donors (Lipinski definition) is 1. The largest absolute Gasteiger partial charge is 0.326 e. The Balaban J connectivity index is 2.09. The van der Waals surface area contributed by atoms with Crippen molar-refractivity contribution in [2.45, 2.75) is 13.0 Å². The minimum absolute atomic E-state index is 0.0187. The van der Waals surface area contributed by atoms with Crippen LogP contribution >= 0.6 is 0 Å². The Kier molecular flexibility index (Phi) is 3.85. The minimum Gasteiger partial charge on any atom is -0.326 e. The van der Waals surface area contributed by atoms with E-state index in [-0.39, 0.29) is 18.0 Å². The molecular formula is C15H14FNO. The van der Waals surface area contributed by atoms with Gasteiger partial charge in [0.05, 0.1) is 0 Å². The highest BCUT2D eigenvalue weighted by molar-refractivity contribution is 5.97. The Labute approximate surface area is 105 Å². The predicted octanol–water partition coefficient (Wildman–Crippen LogP) is 2.71. The molecule has 0 unspecified atom stereocenters. The van der Waals surface area contributed by atoms with Crippen molar-refractivity contribution in [2.75, 3.05) is 0 Å². The number of carbonyl (C=O) groups excluding carboxylic acids is 1. The van der Waals surface area contributed by atoms with Crippen LogP contribution in [0, 0.1) is 5.82 Å². The van der Waals surface area contributed by atoms with Gasteiger partial charge in [-0.3, -0.25) is 4.79 Å². The second kappa shape index (κ2) is 5.56. The SMILES string of the molecule is NCc1ccc(C(=O)Cc2ccc(F)cc2)cc1. The molecule has 0 atom stereocenters. The van der Waals surface area contributed by atoms with Crippen LogP contribution in [0.4, 0.5) is 4.39 Å². The van der Waals surface area contributed by atoms with E-state index in [1.807, 2.05) is 12.1 Å². The Morgan fingerprint density at radius 3 is 2.06 bits per heavy atom.